The van der Waals surface area contributed by atoms with Gasteiger partial charge in [-0.15, -0.1) is 11.3 Å². The van der Waals surface area contributed by atoms with Crippen molar-refractivity contribution >= 4 is 28.5 Å². The number of allylic oxidation sites excluding steroid dienone is 1. The Kier molecular flexibility index (Phi) is 4.43. The van der Waals surface area contributed by atoms with Gasteiger partial charge in [0.25, 0.3) is 0 Å². The number of fused-ring (bicyclic) bond motifs is 1. The van der Waals surface area contributed by atoms with Crippen LogP contribution in [0.2, 0.25) is 0 Å². The lowest BCUT2D eigenvalue weighted by molar-refractivity contribution is -0.116. The number of nitrogens with one attached hydrogen (secondary N) is 2. The lowest BCUT2D eigenvalue weighted by Crippen LogP contribution is -2.27. The summed E-state index contributed by atoms with van der Waals surface area (Å²) in [7, 11) is 0. The highest BCUT2D eigenvalue weighted by Gasteiger charge is 2.37. The van der Waals surface area contributed by atoms with E-state index >= 15 is 0 Å². The van der Waals surface area contributed by atoms with Crippen LogP contribution in [0.4, 0.5) is 20.2 Å². The molecule has 2 aromatic carbocycles. The number of hydrogen-bond acceptors (Lipinski definition) is 4. The van der Waals surface area contributed by atoms with Crippen molar-refractivity contribution < 1.29 is 13.6 Å². The standard InChI is InChI=1S/C23H18F2N2OS/c24-14-7-8-16(25)15(12-14)23-22-19(26-17-4-1-2-5-18(17)27-23)10-13(11-20(22)28)21-6-3-9-29-21/h1-9,12-13,23,26-27H,10-11H2/t13-,23-/m1/s1. The number of thiophene rings is 1. The maximum atomic E-state index is 14.7. The summed E-state index contributed by atoms with van der Waals surface area (Å²) in [5.74, 6) is -1.04. The first-order valence-corrected chi connectivity index (χ1v) is 10.4. The molecule has 5 rings (SSSR count). The summed E-state index contributed by atoms with van der Waals surface area (Å²) in [5.41, 5.74) is 2.96. The van der Waals surface area contributed by atoms with Crippen molar-refractivity contribution in [2.24, 2.45) is 0 Å². The van der Waals surface area contributed by atoms with Gasteiger partial charge in [0.1, 0.15) is 11.6 Å². The third-order valence-electron chi connectivity index (χ3n) is 5.52. The fourth-order valence-corrected chi connectivity index (χ4v) is 5.02. The average Bonchev–Trinajstić information content (AvgIpc) is 3.19. The van der Waals surface area contributed by atoms with E-state index in [1.807, 2.05) is 41.8 Å². The second kappa shape index (κ2) is 7.12. The molecule has 0 fully saturated rings. The van der Waals surface area contributed by atoms with Crippen LogP contribution in [0, 0.1) is 11.6 Å². The molecule has 0 amide bonds. The number of carbonyl (C=O) groups excluding carboxylic acids is 1. The van der Waals surface area contributed by atoms with Crippen molar-refractivity contribution in [2.45, 2.75) is 24.8 Å². The molecule has 3 nitrogen and oxygen atoms in total. The molecule has 1 aromatic heterocycles. The monoisotopic (exact) mass is 408 g/mol. The molecule has 0 bridgehead atoms. The van der Waals surface area contributed by atoms with Crippen LogP contribution < -0.4 is 10.6 Å². The third-order valence-corrected chi connectivity index (χ3v) is 6.56. The smallest absolute Gasteiger partial charge is 0.163 e. The van der Waals surface area contributed by atoms with Crippen molar-refractivity contribution in [2.75, 3.05) is 10.6 Å². The fourth-order valence-electron chi connectivity index (χ4n) is 4.19. The molecule has 0 radical (unpaired) electrons. The first-order chi connectivity index (χ1) is 14.1. The van der Waals surface area contributed by atoms with Crippen molar-refractivity contribution in [3.8, 4) is 0 Å². The number of anilines is 2. The fraction of sp³-hybridized carbons (Fsp3) is 0.174. The van der Waals surface area contributed by atoms with Crippen molar-refractivity contribution in [1.82, 2.24) is 0 Å². The lowest BCUT2D eigenvalue weighted by atomic mass is 9.80. The van der Waals surface area contributed by atoms with Gasteiger partial charge in [-0.1, -0.05) is 18.2 Å². The highest BCUT2D eigenvalue weighted by atomic mass is 32.1. The number of Topliss-reactive ketones (excluding diaryl/α,β-unsaturated/α-hetero) is 1. The number of halogens is 2. The normalized spacial score (nSPS) is 21.0. The second-order valence-corrected chi connectivity index (χ2v) is 8.33. The highest BCUT2D eigenvalue weighted by molar-refractivity contribution is 7.10. The molecule has 0 saturated carbocycles. The zero-order valence-electron chi connectivity index (χ0n) is 15.4. The SMILES string of the molecule is O=C1C[C@H](c2cccs2)CC2=C1[C@@H](c1cc(F)ccc1F)Nc1ccccc1N2. The molecular weight excluding hydrogens is 390 g/mol. The summed E-state index contributed by atoms with van der Waals surface area (Å²) < 4.78 is 28.6. The zero-order valence-corrected chi connectivity index (χ0v) is 16.2. The maximum Gasteiger partial charge on any atom is 0.163 e. The lowest BCUT2D eigenvalue weighted by Gasteiger charge is -2.29. The number of benzene rings is 2. The Morgan fingerprint density at radius 3 is 2.59 bits per heavy atom. The average molecular weight is 408 g/mol. The molecule has 1 aliphatic heterocycles. The number of hydrogen-bond donors (Lipinski definition) is 2. The minimum absolute atomic E-state index is 0.0499. The van der Waals surface area contributed by atoms with Crippen LogP contribution >= 0.6 is 11.3 Å². The van der Waals surface area contributed by atoms with Gasteiger partial charge in [-0.25, -0.2) is 8.78 Å². The van der Waals surface area contributed by atoms with E-state index in [1.165, 1.54) is 6.07 Å². The van der Waals surface area contributed by atoms with Crippen LogP contribution in [0.25, 0.3) is 0 Å². The summed E-state index contributed by atoms with van der Waals surface area (Å²) >= 11 is 1.64. The second-order valence-electron chi connectivity index (χ2n) is 7.35. The van der Waals surface area contributed by atoms with Crippen LogP contribution in [-0.2, 0) is 4.79 Å². The Labute approximate surface area is 171 Å². The first kappa shape index (κ1) is 18.1. The van der Waals surface area contributed by atoms with Gasteiger partial charge in [0, 0.05) is 34.0 Å². The Balaban J connectivity index is 1.66. The third kappa shape index (κ3) is 3.23. The van der Waals surface area contributed by atoms with E-state index in [9.17, 15) is 13.6 Å². The Morgan fingerprint density at radius 1 is 0.966 bits per heavy atom. The topological polar surface area (TPSA) is 41.1 Å². The molecule has 0 spiro atoms. The van der Waals surface area contributed by atoms with Gasteiger partial charge in [-0.05, 0) is 48.2 Å². The Hall–Kier alpha value is -2.99. The summed E-state index contributed by atoms with van der Waals surface area (Å²) in [5, 5.41) is 8.69. The molecule has 0 unspecified atom stereocenters. The van der Waals surface area contributed by atoms with E-state index in [0.717, 1.165) is 34.1 Å². The van der Waals surface area contributed by atoms with Gasteiger partial charge in [0.2, 0.25) is 0 Å². The minimum atomic E-state index is -0.756. The number of carbonyl (C=O) groups is 1. The molecule has 2 heterocycles. The van der Waals surface area contributed by atoms with E-state index in [1.54, 1.807) is 11.3 Å². The van der Waals surface area contributed by atoms with Crippen LogP contribution in [0.15, 0.2) is 71.2 Å². The van der Waals surface area contributed by atoms with Gasteiger partial charge < -0.3 is 10.6 Å². The van der Waals surface area contributed by atoms with E-state index in [0.29, 0.717) is 18.4 Å². The number of ketones is 1. The first-order valence-electron chi connectivity index (χ1n) is 9.47. The Bertz CT molecular complexity index is 1120. The van der Waals surface area contributed by atoms with Gasteiger partial charge in [0.05, 0.1) is 17.4 Å². The van der Waals surface area contributed by atoms with Gasteiger partial charge >= 0.3 is 0 Å². The predicted molar refractivity (Wildman–Crippen MR) is 111 cm³/mol. The summed E-state index contributed by atoms with van der Waals surface area (Å²) in [6.07, 6.45) is 0.998. The summed E-state index contributed by atoms with van der Waals surface area (Å²) in [4.78, 5) is 14.4. The van der Waals surface area contributed by atoms with Crippen molar-refractivity contribution in [1.29, 1.82) is 0 Å². The molecule has 1 aliphatic carbocycles. The van der Waals surface area contributed by atoms with E-state index < -0.39 is 17.7 Å². The molecular formula is C23H18F2N2OS. The summed E-state index contributed by atoms with van der Waals surface area (Å²) in [6.45, 7) is 0. The van der Waals surface area contributed by atoms with Crippen molar-refractivity contribution in [3.63, 3.8) is 0 Å². The van der Waals surface area contributed by atoms with E-state index in [4.69, 9.17) is 0 Å². The summed E-state index contributed by atoms with van der Waals surface area (Å²) in [6, 6.07) is 14.2. The molecule has 0 saturated heterocycles. The molecule has 2 N–H and O–H groups in total. The quantitative estimate of drug-likeness (QED) is 0.546. The molecule has 29 heavy (non-hydrogen) atoms. The van der Waals surface area contributed by atoms with Gasteiger partial charge in [0.15, 0.2) is 5.78 Å². The predicted octanol–water partition coefficient (Wildman–Crippen LogP) is 6.01. The number of para-hydroxylation sites is 2. The molecule has 146 valence electrons. The van der Waals surface area contributed by atoms with Crippen LogP contribution in [0.5, 0.6) is 0 Å². The molecule has 6 heteroatoms. The number of rotatable bonds is 2. The van der Waals surface area contributed by atoms with Gasteiger partial charge in [-0.3, -0.25) is 4.79 Å². The molecule has 2 atom stereocenters. The maximum absolute atomic E-state index is 14.7. The minimum Gasteiger partial charge on any atom is -0.372 e. The Morgan fingerprint density at radius 2 is 1.79 bits per heavy atom. The van der Waals surface area contributed by atoms with Gasteiger partial charge in [-0.2, -0.15) is 0 Å². The van der Waals surface area contributed by atoms with E-state index in [-0.39, 0.29) is 17.3 Å². The van der Waals surface area contributed by atoms with Crippen LogP contribution in [-0.4, -0.2) is 5.78 Å². The molecule has 3 aromatic rings. The largest absolute Gasteiger partial charge is 0.372 e. The van der Waals surface area contributed by atoms with E-state index in [2.05, 4.69) is 10.6 Å². The van der Waals surface area contributed by atoms with Crippen molar-refractivity contribution in [3.05, 3.63) is 93.3 Å². The highest BCUT2D eigenvalue weighted by Crippen LogP contribution is 2.45. The van der Waals surface area contributed by atoms with Crippen LogP contribution in [0.1, 0.15) is 35.2 Å². The molecule has 2 aliphatic rings. The van der Waals surface area contributed by atoms with Crippen LogP contribution in [0.3, 0.4) is 0 Å². The zero-order chi connectivity index (χ0) is 20.0.